The van der Waals surface area contributed by atoms with Crippen LogP contribution in [0.1, 0.15) is 22.8 Å². The van der Waals surface area contributed by atoms with Crippen molar-refractivity contribution in [1.29, 1.82) is 0 Å². The van der Waals surface area contributed by atoms with Crippen molar-refractivity contribution in [3.63, 3.8) is 0 Å². The largest absolute Gasteiger partial charge is 0.293 e. The van der Waals surface area contributed by atoms with E-state index in [0.29, 0.717) is 0 Å². The zero-order chi connectivity index (χ0) is 10.0. The molecule has 0 aliphatic heterocycles. The maximum Gasteiger partial charge on any atom is 0.180 e. The van der Waals surface area contributed by atoms with E-state index in [0.717, 1.165) is 14.7 Å². The van der Waals surface area contributed by atoms with E-state index in [4.69, 9.17) is 11.6 Å². The van der Waals surface area contributed by atoms with Crippen molar-refractivity contribution in [2.75, 3.05) is 0 Å². The Hall–Kier alpha value is -0.0900. The van der Waals surface area contributed by atoms with E-state index in [1.807, 2.05) is 25.1 Å². The highest BCUT2D eigenvalue weighted by atomic mass is 127. The Morgan fingerprint density at radius 2 is 2.15 bits per heavy atom. The van der Waals surface area contributed by atoms with Crippen molar-refractivity contribution >= 4 is 40.0 Å². The average molecular weight is 309 g/mol. The molecule has 1 nitrogen and oxygen atoms in total. The van der Waals surface area contributed by atoms with Crippen molar-refractivity contribution in [1.82, 2.24) is 0 Å². The molecule has 3 heteroatoms. The van der Waals surface area contributed by atoms with Gasteiger partial charge >= 0.3 is 0 Å². The smallest absolute Gasteiger partial charge is 0.180 e. The van der Waals surface area contributed by atoms with Gasteiger partial charge < -0.3 is 0 Å². The Balaban J connectivity index is 3.15. The molecule has 0 fully saturated rings. The number of carbonyl (C=O) groups excluding carboxylic acids is 1. The highest BCUT2D eigenvalue weighted by Crippen LogP contribution is 2.18. The van der Waals surface area contributed by atoms with Crippen LogP contribution in [-0.2, 0) is 0 Å². The number of Topliss-reactive ketones (excluding diaryl/α,β-unsaturated/α-hetero) is 1. The molecular weight excluding hydrogens is 298 g/mol. The second kappa shape index (κ2) is 4.42. The molecular formula is C10H10ClIO. The lowest BCUT2D eigenvalue weighted by Gasteiger charge is -2.07. The molecule has 0 aliphatic rings. The first-order valence-electron chi connectivity index (χ1n) is 3.97. The lowest BCUT2D eigenvalue weighted by atomic mass is 10.0. The fourth-order valence-corrected chi connectivity index (χ4v) is 1.70. The molecule has 13 heavy (non-hydrogen) atoms. The van der Waals surface area contributed by atoms with E-state index in [1.165, 1.54) is 0 Å². The van der Waals surface area contributed by atoms with Gasteiger partial charge in [0.2, 0.25) is 0 Å². The zero-order valence-electron chi connectivity index (χ0n) is 7.47. The summed E-state index contributed by atoms with van der Waals surface area (Å²) in [5, 5.41) is -0.447. The van der Waals surface area contributed by atoms with Gasteiger partial charge in [0.25, 0.3) is 0 Å². The third kappa shape index (κ3) is 2.44. The van der Waals surface area contributed by atoms with Crippen molar-refractivity contribution in [2.24, 2.45) is 0 Å². The van der Waals surface area contributed by atoms with Crippen molar-refractivity contribution in [2.45, 2.75) is 19.2 Å². The van der Waals surface area contributed by atoms with Crippen LogP contribution in [0.2, 0.25) is 0 Å². The van der Waals surface area contributed by atoms with Gasteiger partial charge in [-0.3, -0.25) is 4.79 Å². The van der Waals surface area contributed by atoms with E-state index in [-0.39, 0.29) is 5.78 Å². The summed E-state index contributed by atoms with van der Waals surface area (Å²) in [4.78, 5) is 11.6. The van der Waals surface area contributed by atoms with Crippen LogP contribution in [0, 0.1) is 10.5 Å². The van der Waals surface area contributed by atoms with Crippen molar-refractivity contribution < 1.29 is 4.79 Å². The molecule has 1 atom stereocenters. The number of hydrogen-bond acceptors (Lipinski definition) is 1. The number of rotatable bonds is 2. The van der Waals surface area contributed by atoms with E-state index in [2.05, 4.69) is 22.6 Å². The third-order valence-electron chi connectivity index (χ3n) is 1.89. The topological polar surface area (TPSA) is 17.1 Å². The first kappa shape index (κ1) is 11.0. The zero-order valence-corrected chi connectivity index (χ0v) is 10.4. The predicted molar refractivity (Wildman–Crippen MR) is 63.5 cm³/mol. The van der Waals surface area contributed by atoms with E-state index in [9.17, 15) is 4.79 Å². The molecule has 0 amide bonds. The van der Waals surface area contributed by atoms with Gasteiger partial charge in [0.1, 0.15) is 0 Å². The normalized spacial score (nSPS) is 12.6. The Bertz CT molecular complexity index is 334. The minimum Gasteiger partial charge on any atom is -0.293 e. The molecule has 0 heterocycles. The highest BCUT2D eigenvalue weighted by molar-refractivity contribution is 14.1. The lowest BCUT2D eigenvalue weighted by Crippen LogP contribution is -2.12. The van der Waals surface area contributed by atoms with Gasteiger partial charge in [0.15, 0.2) is 5.78 Å². The molecule has 1 aromatic rings. The van der Waals surface area contributed by atoms with Crippen LogP contribution in [0.3, 0.4) is 0 Å². The molecule has 0 N–H and O–H groups in total. The molecule has 0 saturated heterocycles. The molecule has 70 valence electrons. The summed E-state index contributed by atoms with van der Waals surface area (Å²) in [5.74, 6) is -0.00215. The number of benzene rings is 1. The number of ketones is 1. The van der Waals surface area contributed by atoms with E-state index in [1.54, 1.807) is 6.92 Å². The number of alkyl halides is 1. The number of carbonyl (C=O) groups is 1. The quantitative estimate of drug-likeness (QED) is 0.465. The Kier molecular flexibility index (Phi) is 3.74. The monoisotopic (exact) mass is 308 g/mol. The van der Waals surface area contributed by atoms with Gasteiger partial charge in [0, 0.05) is 9.13 Å². The Morgan fingerprint density at radius 1 is 1.54 bits per heavy atom. The minimum absolute atomic E-state index is 0.00215. The standard InChI is InChI=1S/C10H10ClIO/c1-6-8(10(13)7(2)11)4-3-5-9(6)12/h3-5,7H,1-2H3. The predicted octanol–water partition coefficient (Wildman–Crippen LogP) is 3.41. The SMILES string of the molecule is Cc1c(I)cccc1C(=O)C(C)Cl. The summed E-state index contributed by atoms with van der Waals surface area (Å²) < 4.78 is 1.10. The van der Waals surface area contributed by atoms with Crippen LogP contribution in [0.25, 0.3) is 0 Å². The Labute approximate surface area is 96.6 Å². The summed E-state index contributed by atoms with van der Waals surface area (Å²) in [6.07, 6.45) is 0. The average Bonchev–Trinajstić information content (AvgIpc) is 2.08. The molecule has 1 unspecified atom stereocenters. The van der Waals surface area contributed by atoms with Gasteiger partial charge in [-0.15, -0.1) is 11.6 Å². The van der Waals surface area contributed by atoms with Gasteiger partial charge in [-0.1, -0.05) is 12.1 Å². The maximum atomic E-state index is 11.6. The molecule has 0 bridgehead atoms. The highest BCUT2D eigenvalue weighted by Gasteiger charge is 2.15. The fourth-order valence-electron chi connectivity index (χ4n) is 1.09. The summed E-state index contributed by atoms with van der Waals surface area (Å²) >= 11 is 7.95. The van der Waals surface area contributed by atoms with Crippen LogP contribution in [-0.4, -0.2) is 11.2 Å². The molecule has 0 spiro atoms. The molecule has 1 rings (SSSR count). The first-order valence-corrected chi connectivity index (χ1v) is 5.49. The molecule has 1 aromatic carbocycles. The van der Waals surface area contributed by atoms with Gasteiger partial charge in [0.05, 0.1) is 5.38 Å². The van der Waals surface area contributed by atoms with E-state index >= 15 is 0 Å². The maximum absolute atomic E-state index is 11.6. The van der Waals surface area contributed by atoms with E-state index < -0.39 is 5.38 Å². The van der Waals surface area contributed by atoms with Gasteiger partial charge in [-0.05, 0) is 48.1 Å². The second-order valence-electron chi connectivity index (χ2n) is 2.89. The van der Waals surface area contributed by atoms with Crippen LogP contribution in [0.5, 0.6) is 0 Å². The van der Waals surface area contributed by atoms with Crippen LogP contribution >= 0.6 is 34.2 Å². The van der Waals surface area contributed by atoms with Crippen molar-refractivity contribution in [3.05, 3.63) is 32.9 Å². The summed E-state index contributed by atoms with van der Waals surface area (Å²) in [5.41, 5.74) is 1.75. The summed E-state index contributed by atoms with van der Waals surface area (Å²) in [7, 11) is 0. The van der Waals surface area contributed by atoms with Gasteiger partial charge in [-0.2, -0.15) is 0 Å². The summed E-state index contributed by atoms with van der Waals surface area (Å²) in [6, 6.07) is 5.67. The van der Waals surface area contributed by atoms with Crippen LogP contribution in [0.4, 0.5) is 0 Å². The lowest BCUT2D eigenvalue weighted by molar-refractivity contribution is 0.0991. The van der Waals surface area contributed by atoms with Gasteiger partial charge in [-0.25, -0.2) is 0 Å². The fraction of sp³-hybridized carbons (Fsp3) is 0.300. The third-order valence-corrected chi connectivity index (χ3v) is 3.26. The second-order valence-corrected chi connectivity index (χ2v) is 4.71. The first-order chi connectivity index (χ1) is 6.04. The summed E-state index contributed by atoms with van der Waals surface area (Å²) in [6.45, 7) is 3.64. The molecule has 0 saturated carbocycles. The van der Waals surface area contributed by atoms with Crippen LogP contribution < -0.4 is 0 Å². The van der Waals surface area contributed by atoms with Crippen molar-refractivity contribution in [3.8, 4) is 0 Å². The number of halogens is 2. The minimum atomic E-state index is -0.447. The molecule has 0 radical (unpaired) electrons. The van der Waals surface area contributed by atoms with Crippen LogP contribution in [0.15, 0.2) is 18.2 Å². The molecule has 0 aromatic heterocycles. The molecule has 0 aliphatic carbocycles. The number of hydrogen-bond donors (Lipinski definition) is 0. The Morgan fingerprint density at radius 3 is 2.69 bits per heavy atom.